The zero-order valence-electron chi connectivity index (χ0n) is 17.2. The van der Waals surface area contributed by atoms with Gasteiger partial charge in [0, 0.05) is 23.0 Å². The second-order valence-corrected chi connectivity index (χ2v) is 7.52. The quantitative estimate of drug-likeness (QED) is 0.401. The molecule has 3 aromatic carbocycles. The molecule has 7 heteroatoms. The number of hydrogen-bond donors (Lipinski definition) is 2. The molecular formula is C26H17ClN4O2. The van der Waals surface area contributed by atoms with Crippen molar-refractivity contribution >= 4 is 34.9 Å². The van der Waals surface area contributed by atoms with E-state index in [1.807, 2.05) is 30.3 Å². The third-order valence-corrected chi connectivity index (χ3v) is 5.10. The molecule has 33 heavy (non-hydrogen) atoms. The number of rotatable bonds is 5. The molecule has 0 fully saturated rings. The molecule has 1 aromatic heterocycles. The van der Waals surface area contributed by atoms with E-state index < -0.39 is 0 Å². The summed E-state index contributed by atoms with van der Waals surface area (Å²) in [6, 6.07) is 26.3. The SMILES string of the molecule is N#Cc1ccccc1-c1ccc(C(=O)Nc2ccc(C(=O)Nc3ccc(Cl)cn3)cc2)cc1. The van der Waals surface area contributed by atoms with Gasteiger partial charge in [-0.05, 0) is 65.7 Å². The van der Waals surface area contributed by atoms with Crippen LogP contribution in [-0.2, 0) is 0 Å². The van der Waals surface area contributed by atoms with E-state index in [1.54, 1.807) is 54.6 Å². The van der Waals surface area contributed by atoms with Gasteiger partial charge < -0.3 is 10.6 Å². The van der Waals surface area contributed by atoms with Crippen LogP contribution in [0.5, 0.6) is 0 Å². The molecule has 0 saturated heterocycles. The van der Waals surface area contributed by atoms with Gasteiger partial charge in [-0.3, -0.25) is 9.59 Å². The third-order valence-electron chi connectivity index (χ3n) is 4.88. The fraction of sp³-hybridized carbons (Fsp3) is 0. The Morgan fingerprint density at radius 3 is 2.06 bits per heavy atom. The average Bonchev–Trinajstić information content (AvgIpc) is 2.86. The van der Waals surface area contributed by atoms with Crippen molar-refractivity contribution in [2.24, 2.45) is 0 Å². The van der Waals surface area contributed by atoms with Crippen LogP contribution >= 0.6 is 11.6 Å². The molecule has 1 heterocycles. The maximum absolute atomic E-state index is 12.6. The summed E-state index contributed by atoms with van der Waals surface area (Å²) in [5, 5.41) is 15.3. The number of aromatic nitrogens is 1. The second kappa shape index (κ2) is 9.77. The Kier molecular flexibility index (Phi) is 6.44. The van der Waals surface area contributed by atoms with Crippen molar-refractivity contribution in [1.82, 2.24) is 4.98 Å². The first kappa shape index (κ1) is 21.8. The first-order valence-electron chi connectivity index (χ1n) is 9.97. The molecule has 0 spiro atoms. The van der Waals surface area contributed by atoms with Crippen LogP contribution in [0.3, 0.4) is 0 Å². The average molecular weight is 453 g/mol. The number of nitriles is 1. The molecule has 4 aromatic rings. The van der Waals surface area contributed by atoms with Gasteiger partial charge in [-0.1, -0.05) is 41.9 Å². The van der Waals surface area contributed by atoms with Gasteiger partial charge in [0.05, 0.1) is 16.7 Å². The van der Waals surface area contributed by atoms with Crippen LogP contribution in [0.1, 0.15) is 26.3 Å². The zero-order chi connectivity index (χ0) is 23.2. The normalized spacial score (nSPS) is 10.2. The van der Waals surface area contributed by atoms with Crippen molar-refractivity contribution < 1.29 is 9.59 Å². The minimum atomic E-state index is -0.323. The molecule has 0 bridgehead atoms. The molecule has 0 aliphatic heterocycles. The Balaban J connectivity index is 1.41. The number of pyridine rings is 1. The zero-order valence-corrected chi connectivity index (χ0v) is 18.0. The number of benzene rings is 3. The number of carbonyl (C=O) groups is 2. The first-order valence-corrected chi connectivity index (χ1v) is 10.4. The van der Waals surface area contributed by atoms with Gasteiger partial charge >= 0.3 is 0 Å². The van der Waals surface area contributed by atoms with Crippen molar-refractivity contribution in [2.75, 3.05) is 10.6 Å². The maximum Gasteiger partial charge on any atom is 0.256 e. The molecule has 2 N–H and O–H groups in total. The summed E-state index contributed by atoms with van der Waals surface area (Å²) in [5.41, 5.74) is 3.70. The summed E-state index contributed by atoms with van der Waals surface area (Å²) in [6.07, 6.45) is 1.45. The van der Waals surface area contributed by atoms with Crippen LogP contribution in [0.15, 0.2) is 91.1 Å². The fourth-order valence-electron chi connectivity index (χ4n) is 3.18. The topological polar surface area (TPSA) is 94.9 Å². The summed E-state index contributed by atoms with van der Waals surface area (Å²) in [7, 11) is 0. The standard InChI is InChI=1S/C26H17ClN4O2/c27-21-11-14-24(29-16-21)31-26(33)19-9-12-22(13-10-19)30-25(32)18-7-5-17(6-8-18)23-4-2-1-3-20(23)15-28/h1-14,16H,(H,30,32)(H,29,31,33). The Morgan fingerprint density at radius 2 is 1.42 bits per heavy atom. The van der Waals surface area contributed by atoms with Crippen LogP contribution in [0.4, 0.5) is 11.5 Å². The lowest BCUT2D eigenvalue weighted by molar-refractivity contribution is 0.101. The highest BCUT2D eigenvalue weighted by atomic mass is 35.5. The summed E-state index contributed by atoms with van der Waals surface area (Å²) >= 11 is 5.80. The lowest BCUT2D eigenvalue weighted by Gasteiger charge is -2.09. The van der Waals surface area contributed by atoms with Gasteiger partial charge in [0.25, 0.3) is 11.8 Å². The predicted molar refractivity (Wildman–Crippen MR) is 128 cm³/mol. The minimum Gasteiger partial charge on any atom is -0.322 e. The van der Waals surface area contributed by atoms with E-state index in [-0.39, 0.29) is 11.8 Å². The molecule has 4 rings (SSSR count). The number of halogens is 1. The lowest BCUT2D eigenvalue weighted by atomic mass is 9.99. The van der Waals surface area contributed by atoms with Crippen molar-refractivity contribution in [3.05, 3.63) is 113 Å². The largest absolute Gasteiger partial charge is 0.322 e. The maximum atomic E-state index is 12.6. The molecule has 0 aliphatic carbocycles. The summed E-state index contributed by atoms with van der Waals surface area (Å²) in [4.78, 5) is 29.0. The lowest BCUT2D eigenvalue weighted by Crippen LogP contribution is -2.14. The number of nitrogens with one attached hydrogen (secondary N) is 2. The van der Waals surface area contributed by atoms with Gasteiger partial charge in [0.1, 0.15) is 5.82 Å². The summed E-state index contributed by atoms with van der Waals surface area (Å²) in [5.74, 6) is -0.212. The third kappa shape index (κ3) is 5.24. The molecule has 6 nitrogen and oxygen atoms in total. The summed E-state index contributed by atoms with van der Waals surface area (Å²) in [6.45, 7) is 0. The fourth-order valence-corrected chi connectivity index (χ4v) is 3.29. The molecule has 0 saturated carbocycles. The molecular weight excluding hydrogens is 436 g/mol. The number of hydrogen-bond acceptors (Lipinski definition) is 4. The monoisotopic (exact) mass is 452 g/mol. The van der Waals surface area contributed by atoms with E-state index in [0.29, 0.717) is 33.2 Å². The summed E-state index contributed by atoms with van der Waals surface area (Å²) < 4.78 is 0. The first-order chi connectivity index (χ1) is 16.0. The Bertz CT molecular complexity index is 1340. The predicted octanol–water partition coefficient (Wildman–Crippen LogP) is 5.78. The van der Waals surface area contributed by atoms with Crippen molar-refractivity contribution in [2.45, 2.75) is 0 Å². The van der Waals surface area contributed by atoms with Crippen LogP contribution in [-0.4, -0.2) is 16.8 Å². The molecule has 0 aliphatic rings. The Labute approximate surface area is 195 Å². The van der Waals surface area contributed by atoms with E-state index >= 15 is 0 Å². The van der Waals surface area contributed by atoms with Gasteiger partial charge in [-0.2, -0.15) is 5.26 Å². The highest BCUT2D eigenvalue weighted by Crippen LogP contribution is 2.24. The molecule has 0 unspecified atom stereocenters. The van der Waals surface area contributed by atoms with Crippen LogP contribution < -0.4 is 10.6 Å². The van der Waals surface area contributed by atoms with E-state index in [2.05, 4.69) is 21.7 Å². The number of amides is 2. The molecule has 0 radical (unpaired) electrons. The van der Waals surface area contributed by atoms with Crippen LogP contribution in [0.25, 0.3) is 11.1 Å². The highest BCUT2D eigenvalue weighted by Gasteiger charge is 2.10. The van der Waals surface area contributed by atoms with E-state index in [9.17, 15) is 14.9 Å². The van der Waals surface area contributed by atoms with Crippen molar-refractivity contribution in [3.8, 4) is 17.2 Å². The second-order valence-electron chi connectivity index (χ2n) is 7.08. The van der Waals surface area contributed by atoms with Crippen molar-refractivity contribution in [3.63, 3.8) is 0 Å². The van der Waals surface area contributed by atoms with Gasteiger partial charge in [0.2, 0.25) is 0 Å². The van der Waals surface area contributed by atoms with Crippen molar-refractivity contribution in [1.29, 1.82) is 5.26 Å². The minimum absolute atomic E-state index is 0.280. The van der Waals surface area contributed by atoms with Gasteiger partial charge in [-0.15, -0.1) is 0 Å². The van der Waals surface area contributed by atoms with Crippen LogP contribution in [0.2, 0.25) is 5.02 Å². The number of anilines is 2. The Hall–Kier alpha value is -4.47. The number of carbonyl (C=O) groups excluding carboxylic acids is 2. The van der Waals surface area contributed by atoms with E-state index in [4.69, 9.17) is 11.6 Å². The van der Waals surface area contributed by atoms with E-state index in [0.717, 1.165) is 11.1 Å². The van der Waals surface area contributed by atoms with Gasteiger partial charge in [-0.25, -0.2) is 4.98 Å². The molecule has 2 amide bonds. The molecule has 0 atom stereocenters. The Morgan fingerprint density at radius 1 is 0.788 bits per heavy atom. The highest BCUT2D eigenvalue weighted by molar-refractivity contribution is 6.30. The van der Waals surface area contributed by atoms with Crippen LogP contribution in [0, 0.1) is 11.3 Å². The van der Waals surface area contributed by atoms with E-state index in [1.165, 1.54) is 6.20 Å². The smallest absolute Gasteiger partial charge is 0.256 e. The van der Waals surface area contributed by atoms with Gasteiger partial charge in [0.15, 0.2) is 0 Å². The number of nitrogens with zero attached hydrogens (tertiary/aromatic N) is 2. The molecule has 160 valence electrons.